The molecule has 3 nitrogen and oxygen atoms in total. The van der Waals surface area contributed by atoms with Crippen molar-refractivity contribution in [1.29, 1.82) is 0 Å². The Bertz CT molecular complexity index is 883. The first-order valence-electron chi connectivity index (χ1n) is 7.87. The molecule has 4 rings (SSSR count). The first kappa shape index (κ1) is 16.7. The summed E-state index contributed by atoms with van der Waals surface area (Å²) in [6.07, 6.45) is 5.16. The van der Waals surface area contributed by atoms with Crippen molar-refractivity contribution in [2.24, 2.45) is 0 Å². The number of hydrogen-bond donors (Lipinski definition) is 1. The van der Waals surface area contributed by atoms with Gasteiger partial charge < -0.3 is 5.32 Å². The van der Waals surface area contributed by atoms with Crippen molar-refractivity contribution in [2.75, 3.05) is 6.54 Å². The number of halogens is 2. The molecule has 0 bridgehead atoms. The van der Waals surface area contributed by atoms with Crippen molar-refractivity contribution in [3.63, 3.8) is 0 Å². The van der Waals surface area contributed by atoms with E-state index in [-0.39, 0.29) is 18.2 Å². The lowest BCUT2D eigenvalue weighted by molar-refractivity contribution is 0.579. The molecule has 0 radical (unpaired) electrons. The predicted octanol–water partition coefficient (Wildman–Crippen LogP) is 4.35. The number of nitrogens with one attached hydrogen (secondary N) is 1. The van der Waals surface area contributed by atoms with Crippen LogP contribution in [0, 0.1) is 5.82 Å². The molecule has 2 heterocycles. The first-order valence-corrected chi connectivity index (χ1v) is 7.87. The molecule has 2 aromatic carbocycles. The van der Waals surface area contributed by atoms with Crippen LogP contribution < -0.4 is 5.32 Å². The zero-order valence-corrected chi connectivity index (χ0v) is 14.2. The van der Waals surface area contributed by atoms with Crippen LogP contribution in [0.15, 0.2) is 54.7 Å². The minimum absolute atomic E-state index is 0. The normalized spacial score (nSPS) is 17.4. The van der Waals surface area contributed by atoms with Gasteiger partial charge in [0.2, 0.25) is 0 Å². The molecule has 0 amide bonds. The maximum Gasteiger partial charge on any atom is 0.123 e. The SMILES string of the molecule is CC1CC(c2ccc3c(cnn3-c3ccc(F)cc3)c2)=CCN1.Cl. The Kier molecular flexibility index (Phi) is 4.69. The highest BCUT2D eigenvalue weighted by molar-refractivity contribution is 5.85. The summed E-state index contributed by atoms with van der Waals surface area (Å²) in [6, 6.07) is 13.3. The summed E-state index contributed by atoms with van der Waals surface area (Å²) in [5, 5.41) is 8.98. The van der Waals surface area contributed by atoms with E-state index in [0.717, 1.165) is 29.6 Å². The van der Waals surface area contributed by atoms with Gasteiger partial charge in [-0.15, -0.1) is 12.4 Å². The van der Waals surface area contributed by atoms with Crippen LogP contribution in [0.3, 0.4) is 0 Å². The maximum atomic E-state index is 13.1. The molecule has 0 saturated carbocycles. The summed E-state index contributed by atoms with van der Waals surface area (Å²) < 4.78 is 14.9. The van der Waals surface area contributed by atoms with Crippen LogP contribution >= 0.6 is 12.4 Å². The molecule has 24 heavy (non-hydrogen) atoms. The van der Waals surface area contributed by atoms with Crippen LogP contribution in [-0.2, 0) is 0 Å². The molecule has 5 heteroatoms. The number of fused-ring (bicyclic) bond motifs is 1. The lowest BCUT2D eigenvalue weighted by atomic mass is 9.95. The topological polar surface area (TPSA) is 29.9 Å². The molecule has 0 aliphatic carbocycles. The summed E-state index contributed by atoms with van der Waals surface area (Å²) in [5.41, 5.74) is 4.53. The third-order valence-corrected chi connectivity index (χ3v) is 4.35. The second-order valence-electron chi connectivity index (χ2n) is 6.05. The maximum absolute atomic E-state index is 13.1. The molecule has 0 fully saturated rings. The molecule has 1 aromatic heterocycles. The van der Waals surface area contributed by atoms with Crippen LogP contribution in [-0.4, -0.2) is 22.4 Å². The molecule has 1 atom stereocenters. The van der Waals surface area contributed by atoms with Gasteiger partial charge in [-0.05, 0) is 60.9 Å². The van der Waals surface area contributed by atoms with Crippen LogP contribution in [0.2, 0.25) is 0 Å². The smallest absolute Gasteiger partial charge is 0.123 e. The molecular formula is C19H19ClFN3. The van der Waals surface area contributed by atoms with Gasteiger partial charge >= 0.3 is 0 Å². The van der Waals surface area contributed by atoms with Crippen molar-refractivity contribution in [2.45, 2.75) is 19.4 Å². The number of rotatable bonds is 2. The molecule has 0 spiro atoms. The van der Waals surface area contributed by atoms with E-state index in [0.29, 0.717) is 6.04 Å². The first-order chi connectivity index (χ1) is 11.2. The largest absolute Gasteiger partial charge is 0.310 e. The Labute approximate surface area is 146 Å². The van der Waals surface area contributed by atoms with E-state index in [1.807, 2.05) is 10.9 Å². The molecule has 0 saturated heterocycles. The van der Waals surface area contributed by atoms with Crippen molar-refractivity contribution in [1.82, 2.24) is 15.1 Å². The number of hydrogen-bond acceptors (Lipinski definition) is 2. The van der Waals surface area contributed by atoms with Crippen molar-refractivity contribution < 1.29 is 4.39 Å². The van der Waals surface area contributed by atoms with Crippen molar-refractivity contribution in [3.8, 4) is 5.69 Å². The highest BCUT2D eigenvalue weighted by Gasteiger charge is 2.13. The average molecular weight is 344 g/mol. The van der Waals surface area contributed by atoms with Crippen LogP contribution in [0.5, 0.6) is 0 Å². The fourth-order valence-electron chi connectivity index (χ4n) is 3.13. The zero-order valence-electron chi connectivity index (χ0n) is 13.4. The predicted molar refractivity (Wildman–Crippen MR) is 98.3 cm³/mol. The zero-order chi connectivity index (χ0) is 15.8. The van der Waals surface area contributed by atoms with Crippen molar-refractivity contribution in [3.05, 3.63) is 66.1 Å². The van der Waals surface area contributed by atoms with Gasteiger partial charge in [-0.3, -0.25) is 0 Å². The molecule has 1 N–H and O–H groups in total. The lowest BCUT2D eigenvalue weighted by Gasteiger charge is -2.21. The quantitative estimate of drug-likeness (QED) is 0.749. The molecule has 124 valence electrons. The van der Waals surface area contributed by atoms with Gasteiger partial charge in [0.15, 0.2) is 0 Å². The highest BCUT2D eigenvalue weighted by Crippen LogP contribution is 2.27. The van der Waals surface area contributed by atoms with E-state index in [9.17, 15) is 4.39 Å². The van der Waals surface area contributed by atoms with E-state index in [1.165, 1.54) is 23.3 Å². The molecule has 1 aliphatic heterocycles. The van der Waals surface area contributed by atoms with Gasteiger partial charge in [0.25, 0.3) is 0 Å². The van der Waals surface area contributed by atoms with Gasteiger partial charge in [0, 0.05) is 18.0 Å². The second-order valence-corrected chi connectivity index (χ2v) is 6.05. The van der Waals surface area contributed by atoms with Crippen molar-refractivity contribution >= 4 is 28.9 Å². The third-order valence-electron chi connectivity index (χ3n) is 4.35. The van der Waals surface area contributed by atoms with E-state index in [4.69, 9.17) is 0 Å². The Hall–Kier alpha value is -2.17. The van der Waals surface area contributed by atoms with Gasteiger partial charge in [-0.2, -0.15) is 5.10 Å². The van der Waals surface area contributed by atoms with E-state index in [1.54, 1.807) is 12.1 Å². The second kappa shape index (κ2) is 6.75. The molecule has 3 aromatic rings. The summed E-state index contributed by atoms with van der Waals surface area (Å²) in [6.45, 7) is 3.13. The minimum Gasteiger partial charge on any atom is -0.310 e. The van der Waals surface area contributed by atoms with Gasteiger partial charge in [-0.25, -0.2) is 9.07 Å². The van der Waals surface area contributed by atoms with Gasteiger partial charge in [-0.1, -0.05) is 12.1 Å². The lowest BCUT2D eigenvalue weighted by Crippen LogP contribution is -2.29. The van der Waals surface area contributed by atoms with E-state index < -0.39 is 0 Å². The Morgan fingerprint density at radius 3 is 2.71 bits per heavy atom. The highest BCUT2D eigenvalue weighted by atomic mass is 35.5. The number of aromatic nitrogens is 2. The Balaban J connectivity index is 0.00000169. The van der Waals surface area contributed by atoms with Crippen LogP contribution in [0.4, 0.5) is 4.39 Å². The molecule has 1 unspecified atom stereocenters. The fraction of sp³-hybridized carbons (Fsp3) is 0.211. The minimum atomic E-state index is -0.237. The number of benzene rings is 2. The molecule has 1 aliphatic rings. The summed E-state index contributed by atoms with van der Waals surface area (Å²) in [4.78, 5) is 0. The standard InChI is InChI=1S/C19H18FN3.ClH/c1-13-10-15(8-9-21-13)14-2-7-19-16(11-14)12-22-23(19)18-5-3-17(20)4-6-18;/h2-8,11-13,21H,9-10H2,1H3;1H. The third kappa shape index (κ3) is 3.07. The van der Waals surface area contributed by atoms with Gasteiger partial charge in [0.1, 0.15) is 5.82 Å². The summed E-state index contributed by atoms with van der Waals surface area (Å²) >= 11 is 0. The summed E-state index contributed by atoms with van der Waals surface area (Å²) in [7, 11) is 0. The Morgan fingerprint density at radius 2 is 1.96 bits per heavy atom. The molecular weight excluding hydrogens is 325 g/mol. The van der Waals surface area contributed by atoms with E-state index >= 15 is 0 Å². The monoisotopic (exact) mass is 343 g/mol. The Morgan fingerprint density at radius 1 is 1.17 bits per heavy atom. The van der Waals surface area contributed by atoms with Crippen LogP contribution in [0.25, 0.3) is 22.2 Å². The summed E-state index contributed by atoms with van der Waals surface area (Å²) in [5.74, 6) is -0.237. The average Bonchev–Trinajstić information content (AvgIpc) is 2.99. The van der Waals surface area contributed by atoms with Gasteiger partial charge in [0.05, 0.1) is 17.4 Å². The fourth-order valence-corrected chi connectivity index (χ4v) is 3.13. The van der Waals surface area contributed by atoms with E-state index in [2.05, 4.69) is 41.6 Å². The number of nitrogens with zero attached hydrogens (tertiary/aromatic N) is 2. The van der Waals surface area contributed by atoms with Crippen LogP contribution in [0.1, 0.15) is 18.9 Å².